The quantitative estimate of drug-likeness (QED) is 0.583. The second-order valence-corrected chi connectivity index (χ2v) is 10.8. The van der Waals surface area contributed by atoms with Crippen molar-refractivity contribution in [3.05, 3.63) is 24.6 Å². The zero-order valence-electron chi connectivity index (χ0n) is 19.5. The number of hydrogen-bond acceptors (Lipinski definition) is 4. The highest BCUT2D eigenvalue weighted by molar-refractivity contribution is 5.06. The van der Waals surface area contributed by atoms with E-state index in [2.05, 4.69) is 58.0 Å². The van der Waals surface area contributed by atoms with Crippen LogP contribution >= 0.6 is 0 Å². The zero-order valence-corrected chi connectivity index (χ0v) is 19.5. The summed E-state index contributed by atoms with van der Waals surface area (Å²) in [5, 5.41) is 0. The molecule has 0 aromatic carbocycles. The molecule has 8 unspecified atom stereocenters. The summed E-state index contributed by atoms with van der Waals surface area (Å²) in [5.74, 6) is 0. The lowest BCUT2D eigenvalue weighted by Gasteiger charge is -2.52. The molecule has 8 aliphatic rings. The SMILES string of the molecule is CC1CCN2C/C=C\N1C1CCCCC1N1C/C=C\N(C(C)CC1)C1CCCCC12. The third kappa shape index (κ3) is 4.07. The van der Waals surface area contributed by atoms with Crippen molar-refractivity contribution >= 4 is 0 Å². The second kappa shape index (κ2) is 9.24. The molecule has 6 aliphatic heterocycles. The Balaban J connectivity index is 1.54. The van der Waals surface area contributed by atoms with Crippen LogP contribution in [0.1, 0.15) is 78.1 Å². The standard InChI is InChI=1S/C26H44N4/c1-21-13-19-27-15-7-17-29(21)25-11-5-3-9-23(25)28-16-8-18-30(22(2)14-20-28)26-12-6-4-10-24(26)27/h7-8,17-18,21-26H,3-6,9-16,19-20H2,1-2H3/b17-7-,18-8-. The lowest BCUT2D eigenvalue weighted by molar-refractivity contribution is 0.0163. The Labute approximate surface area is 184 Å². The van der Waals surface area contributed by atoms with Gasteiger partial charge in [0.2, 0.25) is 0 Å². The maximum absolute atomic E-state index is 2.85. The minimum absolute atomic E-state index is 0.648. The van der Waals surface area contributed by atoms with Crippen molar-refractivity contribution in [3.63, 3.8) is 0 Å². The summed E-state index contributed by atoms with van der Waals surface area (Å²) >= 11 is 0. The summed E-state index contributed by atoms with van der Waals surface area (Å²) in [6, 6.07) is 4.12. The van der Waals surface area contributed by atoms with E-state index in [9.17, 15) is 0 Å². The first-order chi connectivity index (χ1) is 14.7. The minimum atomic E-state index is 0.648. The first-order valence-electron chi connectivity index (χ1n) is 13.1. The van der Waals surface area contributed by atoms with Gasteiger partial charge in [-0.2, -0.15) is 0 Å². The summed E-state index contributed by atoms with van der Waals surface area (Å²) in [5.41, 5.74) is 0. The van der Waals surface area contributed by atoms with E-state index in [1.165, 1.54) is 77.3 Å². The smallest absolute Gasteiger partial charge is 0.0442 e. The molecular formula is C26H44N4. The third-order valence-electron chi connectivity index (χ3n) is 9.01. The molecule has 4 bridgehead atoms. The average Bonchev–Trinajstić information content (AvgIpc) is 2.75. The first-order valence-corrected chi connectivity index (χ1v) is 13.1. The lowest BCUT2D eigenvalue weighted by atomic mass is 9.85. The van der Waals surface area contributed by atoms with Crippen molar-refractivity contribution in [2.75, 3.05) is 26.2 Å². The van der Waals surface area contributed by atoms with Gasteiger partial charge < -0.3 is 9.80 Å². The molecule has 0 aromatic heterocycles. The number of hydrogen-bond donors (Lipinski definition) is 0. The Morgan fingerprint density at radius 2 is 0.933 bits per heavy atom. The Kier molecular flexibility index (Phi) is 6.43. The molecule has 0 N–H and O–H groups in total. The van der Waals surface area contributed by atoms with Crippen LogP contribution in [0.3, 0.4) is 0 Å². The van der Waals surface area contributed by atoms with Crippen LogP contribution in [0.5, 0.6) is 0 Å². The van der Waals surface area contributed by atoms with Gasteiger partial charge in [-0.3, -0.25) is 9.80 Å². The monoisotopic (exact) mass is 412 g/mol. The molecule has 4 heteroatoms. The van der Waals surface area contributed by atoms with Crippen LogP contribution in [0.25, 0.3) is 0 Å². The molecule has 8 atom stereocenters. The topological polar surface area (TPSA) is 13.0 Å². The van der Waals surface area contributed by atoms with Gasteiger partial charge in [-0.1, -0.05) is 37.8 Å². The molecule has 0 aromatic rings. The molecule has 0 amide bonds. The van der Waals surface area contributed by atoms with E-state index in [4.69, 9.17) is 0 Å². The minimum Gasteiger partial charge on any atom is -0.370 e. The molecule has 1 saturated heterocycles. The van der Waals surface area contributed by atoms with Crippen molar-refractivity contribution in [3.8, 4) is 0 Å². The van der Waals surface area contributed by atoms with E-state index in [-0.39, 0.29) is 0 Å². The van der Waals surface area contributed by atoms with Gasteiger partial charge in [-0.25, -0.2) is 0 Å². The zero-order chi connectivity index (χ0) is 20.5. The normalized spacial score (nSPS) is 46.9. The highest BCUT2D eigenvalue weighted by Gasteiger charge is 2.39. The van der Waals surface area contributed by atoms with Gasteiger partial charge in [0.05, 0.1) is 0 Å². The fraction of sp³-hybridized carbons (Fsp3) is 0.846. The fourth-order valence-corrected chi connectivity index (χ4v) is 7.30. The lowest BCUT2D eigenvalue weighted by Crippen LogP contribution is -2.59. The summed E-state index contributed by atoms with van der Waals surface area (Å²) < 4.78 is 0. The highest BCUT2D eigenvalue weighted by Crippen LogP contribution is 2.34. The van der Waals surface area contributed by atoms with Gasteiger partial charge in [-0.05, 0) is 64.8 Å². The van der Waals surface area contributed by atoms with Crippen LogP contribution in [0.15, 0.2) is 24.6 Å². The first kappa shape index (κ1) is 20.9. The van der Waals surface area contributed by atoms with Gasteiger partial charge in [0, 0.05) is 62.4 Å². The molecule has 8 rings (SSSR count). The van der Waals surface area contributed by atoms with Crippen molar-refractivity contribution < 1.29 is 0 Å². The third-order valence-corrected chi connectivity index (χ3v) is 9.01. The molecule has 0 spiro atoms. The molecule has 6 heterocycles. The molecule has 2 saturated carbocycles. The van der Waals surface area contributed by atoms with Crippen LogP contribution in [0, 0.1) is 0 Å². The number of rotatable bonds is 0. The van der Waals surface area contributed by atoms with E-state index < -0.39 is 0 Å². The predicted octanol–water partition coefficient (Wildman–Crippen LogP) is 4.44. The summed E-state index contributed by atoms with van der Waals surface area (Å²) in [7, 11) is 0. The summed E-state index contributed by atoms with van der Waals surface area (Å²) in [6.07, 6.45) is 23.8. The van der Waals surface area contributed by atoms with Gasteiger partial charge in [-0.15, -0.1) is 0 Å². The molecule has 3 fully saturated rings. The Morgan fingerprint density at radius 1 is 0.533 bits per heavy atom. The largest absolute Gasteiger partial charge is 0.370 e. The fourth-order valence-electron chi connectivity index (χ4n) is 7.30. The molecule has 168 valence electrons. The van der Waals surface area contributed by atoms with Crippen LogP contribution in [0.4, 0.5) is 0 Å². The van der Waals surface area contributed by atoms with Crippen molar-refractivity contribution in [1.82, 2.24) is 19.6 Å². The van der Waals surface area contributed by atoms with Crippen LogP contribution in [-0.2, 0) is 0 Å². The van der Waals surface area contributed by atoms with Gasteiger partial charge in [0.15, 0.2) is 0 Å². The molecular weight excluding hydrogens is 368 g/mol. The van der Waals surface area contributed by atoms with Gasteiger partial charge in [0.1, 0.15) is 0 Å². The molecule has 2 aliphatic carbocycles. The maximum atomic E-state index is 2.85. The molecule has 4 nitrogen and oxygen atoms in total. The summed E-state index contributed by atoms with van der Waals surface area (Å²) in [4.78, 5) is 11.3. The van der Waals surface area contributed by atoms with Gasteiger partial charge in [0.25, 0.3) is 0 Å². The van der Waals surface area contributed by atoms with Crippen LogP contribution in [0.2, 0.25) is 0 Å². The number of nitrogens with zero attached hydrogens (tertiary/aromatic N) is 4. The van der Waals surface area contributed by atoms with Crippen molar-refractivity contribution in [1.29, 1.82) is 0 Å². The van der Waals surface area contributed by atoms with Crippen LogP contribution < -0.4 is 0 Å². The maximum Gasteiger partial charge on any atom is 0.0442 e. The van der Waals surface area contributed by atoms with E-state index >= 15 is 0 Å². The molecule has 30 heavy (non-hydrogen) atoms. The predicted molar refractivity (Wildman–Crippen MR) is 125 cm³/mol. The van der Waals surface area contributed by atoms with Crippen molar-refractivity contribution in [2.45, 2.75) is 114 Å². The van der Waals surface area contributed by atoms with Crippen LogP contribution in [-0.4, -0.2) is 82.0 Å². The Morgan fingerprint density at radius 3 is 1.37 bits per heavy atom. The Hall–Kier alpha value is -1.00. The van der Waals surface area contributed by atoms with E-state index in [0.29, 0.717) is 24.2 Å². The molecule has 0 radical (unpaired) electrons. The Bertz CT molecular complexity index is 577. The van der Waals surface area contributed by atoms with Gasteiger partial charge >= 0.3 is 0 Å². The average molecular weight is 413 g/mol. The van der Waals surface area contributed by atoms with E-state index in [1.807, 2.05) is 0 Å². The van der Waals surface area contributed by atoms with E-state index in [1.54, 1.807) is 0 Å². The highest BCUT2D eigenvalue weighted by atomic mass is 15.3. The van der Waals surface area contributed by atoms with Crippen molar-refractivity contribution in [2.24, 2.45) is 0 Å². The summed E-state index contributed by atoms with van der Waals surface area (Å²) in [6.45, 7) is 9.78. The second-order valence-electron chi connectivity index (χ2n) is 10.8. The van der Waals surface area contributed by atoms with E-state index in [0.717, 1.165) is 25.2 Å².